The molecular weight excluding hydrogens is 84.1 g/mol. The first-order valence-corrected chi connectivity index (χ1v) is 2.03. The molecule has 0 heterocycles. The second kappa shape index (κ2) is 31.1. The number of rotatable bonds is 0. The summed E-state index contributed by atoms with van der Waals surface area (Å²) in [5, 5.41) is 0. The van der Waals surface area contributed by atoms with Crippen molar-refractivity contribution in [2.45, 2.75) is 20.3 Å². The molecule has 2 heteroatoms. The maximum Gasteiger partial charge on any atom is -0.00591 e. The largest absolute Gasteiger partial charge is 0.266 e. The van der Waals surface area contributed by atoms with Crippen molar-refractivity contribution in [3.63, 3.8) is 0 Å². The maximum absolute atomic E-state index is 8.06. The highest BCUT2D eigenvalue weighted by Crippen LogP contribution is 1.56. The van der Waals surface area contributed by atoms with Crippen molar-refractivity contribution in [3.8, 4) is 0 Å². The van der Waals surface area contributed by atoms with E-state index in [1.807, 2.05) is 0 Å². The Kier molecular flexibility index (Phi) is 55.7. The second-order valence-electron chi connectivity index (χ2n) is 0.707. The van der Waals surface area contributed by atoms with Gasteiger partial charge in [-0.25, -0.2) is 0 Å². The van der Waals surface area contributed by atoms with Crippen molar-refractivity contribution in [1.29, 1.82) is 0 Å². The van der Waals surface area contributed by atoms with E-state index in [4.69, 9.17) is 4.21 Å². The molecular formula is C3H10OS. The highest BCUT2D eigenvalue weighted by atomic mass is 32.1. The van der Waals surface area contributed by atoms with Crippen LogP contribution in [-0.2, 0) is 12.5 Å². The van der Waals surface area contributed by atoms with Gasteiger partial charge in [0.1, 0.15) is 0 Å². The Bertz CT molecular complexity index is 10.9. The Morgan fingerprint density at radius 2 is 1.40 bits per heavy atom. The second-order valence-corrected chi connectivity index (χ2v) is 0.707. The third-order valence-corrected chi connectivity index (χ3v) is 0. The Labute approximate surface area is 37.9 Å². The highest BCUT2D eigenvalue weighted by Gasteiger charge is 1.35. The third-order valence-electron chi connectivity index (χ3n) is 0. The lowest BCUT2D eigenvalue weighted by atomic mass is 10.6. The molecule has 1 nitrogen and oxygen atoms in total. The van der Waals surface area contributed by atoms with Gasteiger partial charge in [0.15, 0.2) is 0 Å². The Hall–Kier alpha value is 0.150. The summed E-state index contributed by atoms with van der Waals surface area (Å²) in [6.45, 7) is 4.25. The van der Waals surface area contributed by atoms with E-state index in [1.54, 1.807) is 12.5 Å². The van der Waals surface area contributed by atoms with Crippen molar-refractivity contribution in [2.24, 2.45) is 0 Å². The molecule has 0 aliphatic carbocycles. The summed E-state index contributed by atoms with van der Waals surface area (Å²) < 4.78 is 8.06. The van der Waals surface area contributed by atoms with E-state index in [0.29, 0.717) is 0 Å². The molecule has 5 heavy (non-hydrogen) atoms. The zero-order valence-corrected chi connectivity index (χ0v) is 4.62. The molecule has 0 saturated carbocycles. The van der Waals surface area contributed by atoms with E-state index in [2.05, 4.69) is 13.8 Å². The van der Waals surface area contributed by atoms with Gasteiger partial charge in [0.2, 0.25) is 0 Å². The highest BCUT2D eigenvalue weighted by molar-refractivity contribution is 7.44. The first-order chi connectivity index (χ1) is 2.41. The van der Waals surface area contributed by atoms with E-state index in [-0.39, 0.29) is 0 Å². The molecule has 0 N–H and O–H groups in total. The fraction of sp³-hybridized carbons (Fsp3) is 1.00. The van der Waals surface area contributed by atoms with Gasteiger partial charge in [-0.1, -0.05) is 20.3 Å². The van der Waals surface area contributed by atoms with E-state index in [1.165, 1.54) is 6.42 Å². The first kappa shape index (κ1) is 8.94. The van der Waals surface area contributed by atoms with E-state index >= 15 is 0 Å². The van der Waals surface area contributed by atoms with Gasteiger partial charge in [-0.2, -0.15) is 0 Å². The van der Waals surface area contributed by atoms with Crippen LogP contribution in [0.2, 0.25) is 0 Å². The average Bonchev–Trinajstić information content (AvgIpc) is 1.46. The van der Waals surface area contributed by atoms with Crippen LogP contribution in [0.15, 0.2) is 0 Å². The van der Waals surface area contributed by atoms with Crippen LogP contribution in [-0.4, -0.2) is 4.21 Å². The van der Waals surface area contributed by atoms with Crippen LogP contribution >= 0.6 is 0 Å². The van der Waals surface area contributed by atoms with E-state index in [0.717, 1.165) is 0 Å². The summed E-state index contributed by atoms with van der Waals surface area (Å²) in [7, 11) is 0. The number of hydrogen-bond donors (Lipinski definition) is 0. The van der Waals surface area contributed by atoms with Crippen LogP contribution in [0, 0.1) is 0 Å². The minimum Gasteiger partial charge on any atom is -0.266 e. The summed E-state index contributed by atoms with van der Waals surface area (Å²) in [6, 6.07) is 0. The molecule has 0 spiro atoms. The molecule has 0 aliphatic heterocycles. The van der Waals surface area contributed by atoms with Gasteiger partial charge in [0, 0.05) is 0 Å². The van der Waals surface area contributed by atoms with E-state index in [9.17, 15) is 0 Å². The van der Waals surface area contributed by atoms with Gasteiger partial charge < -0.3 is 0 Å². The predicted octanol–water partition coefficient (Wildman–Crippen LogP) is 0.545. The molecule has 0 fully saturated rings. The Balaban J connectivity index is 0. The molecule has 0 rings (SSSR count). The lowest BCUT2D eigenvalue weighted by Crippen LogP contribution is -1.27. The molecule has 0 radical (unpaired) electrons. The standard InChI is InChI=1S/C3H8.H2OS/c1-3-2;1-2/h3H2,1-2H3;2H2. The van der Waals surface area contributed by atoms with Crippen molar-refractivity contribution < 1.29 is 4.21 Å². The normalized spacial score (nSPS) is 4.60. The van der Waals surface area contributed by atoms with Crippen molar-refractivity contribution in [2.75, 3.05) is 0 Å². The predicted molar refractivity (Wildman–Crippen MR) is 26.9 cm³/mol. The number of hydrogen-bond acceptors (Lipinski definition) is 1. The molecule has 0 aromatic rings. The first-order valence-electron chi connectivity index (χ1n) is 1.62. The topological polar surface area (TPSA) is 17.1 Å². The minimum atomic E-state index is 1.25. The van der Waals surface area contributed by atoms with Crippen LogP contribution in [0.4, 0.5) is 0 Å². The van der Waals surface area contributed by atoms with Crippen LogP contribution in [0.25, 0.3) is 0 Å². The zero-order chi connectivity index (χ0) is 4.71. The van der Waals surface area contributed by atoms with Gasteiger partial charge in [0.25, 0.3) is 0 Å². The Morgan fingerprint density at radius 3 is 1.40 bits per heavy atom. The molecule has 0 bridgehead atoms. The lowest BCUT2D eigenvalue weighted by Gasteiger charge is -1.48. The van der Waals surface area contributed by atoms with Gasteiger partial charge in [-0.05, 0) is 12.5 Å². The van der Waals surface area contributed by atoms with Crippen molar-refractivity contribution >= 4 is 12.5 Å². The third kappa shape index (κ3) is 853. The zero-order valence-electron chi connectivity index (χ0n) is 3.62. The van der Waals surface area contributed by atoms with Crippen LogP contribution in [0.5, 0.6) is 0 Å². The minimum absolute atomic E-state index is 1.25. The Morgan fingerprint density at radius 1 is 1.40 bits per heavy atom. The SMILES string of the molecule is CCC.O=[SH2]. The van der Waals surface area contributed by atoms with Crippen LogP contribution in [0.3, 0.4) is 0 Å². The quantitative estimate of drug-likeness (QED) is 0.428. The molecule has 34 valence electrons. The summed E-state index contributed by atoms with van der Waals surface area (Å²) in [5.41, 5.74) is 0. The van der Waals surface area contributed by atoms with Gasteiger partial charge in [0.05, 0.1) is 0 Å². The van der Waals surface area contributed by atoms with E-state index < -0.39 is 0 Å². The molecule has 0 unspecified atom stereocenters. The monoisotopic (exact) mass is 94.0 g/mol. The van der Waals surface area contributed by atoms with Crippen LogP contribution in [0.1, 0.15) is 20.3 Å². The molecule has 0 aromatic heterocycles. The van der Waals surface area contributed by atoms with Crippen molar-refractivity contribution in [1.82, 2.24) is 0 Å². The smallest absolute Gasteiger partial charge is 0.00591 e. The summed E-state index contributed by atoms with van der Waals surface area (Å²) in [6.07, 6.45) is 1.25. The maximum atomic E-state index is 8.06. The molecule has 0 atom stereocenters. The summed E-state index contributed by atoms with van der Waals surface area (Å²) >= 11 is 1.72. The molecule has 0 aromatic carbocycles. The lowest BCUT2D eigenvalue weighted by molar-refractivity contribution is 0.702. The summed E-state index contributed by atoms with van der Waals surface area (Å²) in [5.74, 6) is 0. The van der Waals surface area contributed by atoms with Crippen LogP contribution < -0.4 is 0 Å². The summed E-state index contributed by atoms with van der Waals surface area (Å²) in [4.78, 5) is 0. The molecule has 0 saturated heterocycles. The average molecular weight is 94.2 g/mol. The molecule has 0 aliphatic rings. The van der Waals surface area contributed by atoms with Gasteiger partial charge in [-0.15, -0.1) is 0 Å². The fourth-order valence-electron chi connectivity index (χ4n) is 0. The van der Waals surface area contributed by atoms with Gasteiger partial charge >= 0.3 is 0 Å². The van der Waals surface area contributed by atoms with Gasteiger partial charge in [-0.3, -0.25) is 4.21 Å². The molecule has 0 amide bonds. The van der Waals surface area contributed by atoms with Crippen molar-refractivity contribution in [3.05, 3.63) is 0 Å². The fourth-order valence-corrected chi connectivity index (χ4v) is 0.